The van der Waals surface area contributed by atoms with E-state index < -0.39 is 35.4 Å². The molecule has 1 atom stereocenters. The van der Waals surface area contributed by atoms with Crippen LogP contribution >= 0.6 is 11.6 Å². The molecule has 0 bridgehead atoms. The predicted molar refractivity (Wildman–Crippen MR) is 123 cm³/mol. The first kappa shape index (κ1) is 24.6. The van der Waals surface area contributed by atoms with E-state index in [1.807, 2.05) is 6.07 Å². The number of esters is 1. The Bertz CT molecular complexity index is 1260. The monoisotopic (exact) mass is 506 g/mol. The first-order valence-corrected chi connectivity index (χ1v) is 11.1. The number of rotatable bonds is 6. The largest absolute Gasteiger partial charge is 0.465 e. The van der Waals surface area contributed by atoms with Crippen molar-refractivity contribution in [3.05, 3.63) is 81.5 Å². The summed E-state index contributed by atoms with van der Waals surface area (Å²) < 4.78 is 47.4. The number of ether oxygens (including phenoxy) is 1. The van der Waals surface area contributed by atoms with Gasteiger partial charge in [0.15, 0.2) is 5.69 Å². The Morgan fingerprint density at radius 3 is 2.51 bits per heavy atom. The fraction of sp³-hybridized carbons (Fsp3) is 0.292. The number of nitrogens with one attached hydrogen (secondary N) is 1. The highest BCUT2D eigenvalue weighted by Crippen LogP contribution is 2.38. The fourth-order valence-electron chi connectivity index (χ4n) is 4.05. The molecule has 184 valence electrons. The van der Waals surface area contributed by atoms with Crippen LogP contribution in [-0.2, 0) is 24.0 Å². The summed E-state index contributed by atoms with van der Waals surface area (Å²) in [6.45, 7) is 2.54. The highest BCUT2D eigenvalue weighted by atomic mass is 35.5. The van der Waals surface area contributed by atoms with Gasteiger partial charge < -0.3 is 15.0 Å². The van der Waals surface area contributed by atoms with Crippen molar-refractivity contribution in [2.24, 2.45) is 0 Å². The lowest BCUT2D eigenvalue weighted by atomic mass is 10.1. The van der Waals surface area contributed by atoms with Gasteiger partial charge in [-0.05, 0) is 42.3 Å². The van der Waals surface area contributed by atoms with Crippen LogP contribution in [0.5, 0.6) is 0 Å². The molecule has 1 amide bonds. The number of alkyl halides is 3. The van der Waals surface area contributed by atoms with Crippen molar-refractivity contribution in [1.82, 2.24) is 15.1 Å². The average molecular weight is 507 g/mol. The topological polar surface area (TPSA) is 76.5 Å². The van der Waals surface area contributed by atoms with Gasteiger partial charge in [0.1, 0.15) is 11.4 Å². The van der Waals surface area contributed by atoms with E-state index in [0.29, 0.717) is 22.7 Å². The maximum absolute atomic E-state index is 13.8. The summed E-state index contributed by atoms with van der Waals surface area (Å²) in [4.78, 5) is 26.5. The second kappa shape index (κ2) is 9.61. The molecule has 1 aromatic heterocycles. The smallest absolute Gasteiger partial charge is 0.436 e. The SMILES string of the molecule is COC(=O)c1ccc([C@H](C)NC(=O)c2c(C(F)(F)F)nn3c2N(Cc2cccc(Cl)c2)CC3)cc1. The van der Waals surface area contributed by atoms with Crippen molar-refractivity contribution in [1.29, 1.82) is 0 Å². The number of carbonyl (C=O) groups excluding carboxylic acids is 2. The minimum atomic E-state index is -4.81. The molecule has 11 heteroatoms. The number of methoxy groups -OCH3 is 1. The Balaban J connectivity index is 1.63. The summed E-state index contributed by atoms with van der Waals surface area (Å²) in [5.41, 5.74) is -0.0189. The number of hydrogen-bond acceptors (Lipinski definition) is 5. The van der Waals surface area contributed by atoms with Gasteiger partial charge in [-0.1, -0.05) is 35.9 Å². The summed E-state index contributed by atoms with van der Waals surface area (Å²) in [5.74, 6) is -1.29. The van der Waals surface area contributed by atoms with Crippen molar-refractivity contribution in [3.63, 3.8) is 0 Å². The minimum Gasteiger partial charge on any atom is -0.465 e. The molecule has 0 saturated carbocycles. The van der Waals surface area contributed by atoms with Gasteiger partial charge in [-0.2, -0.15) is 18.3 Å². The van der Waals surface area contributed by atoms with Crippen LogP contribution in [0.15, 0.2) is 48.5 Å². The lowest BCUT2D eigenvalue weighted by Gasteiger charge is -2.21. The molecule has 35 heavy (non-hydrogen) atoms. The van der Waals surface area contributed by atoms with E-state index in [0.717, 1.165) is 5.56 Å². The van der Waals surface area contributed by atoms with Crippen LogP contribution in [0.3, 0.4) is 0 Å². The Morgan fingerprint density at radius 1 is 1.17 bits per heavy atom. The summed E-state index contributed by atoms with van der Waals surface area (Å²) in [7, 11) is 1.26. The maximum atomic E-state index is 13.8. The Kier molecular flexibility index (Phi) is 6.75. The number of amides is 1. The quantitative estimate of drug-likeness (QED) is 0.484. The van der Waals surface area contributed by atoms with Crippen molar-refractivity contribution in [2.75, 3.05) is 18.6 Å². The van der Waals surface area contributed by atoms with Crippen LogP contribution in [0.4, 0.5) is 19.0 Å². The number of hydrogen-bond donors (Lipinski definition) is 1. The first-order valence-electron chi connectivity index (χ1n) is 10.7. The summed E-state index contributed by atoms with van der Waals surface area (Å²) in [6.07, 6.45) is -4.81. The second-order valence-corrected chi connectivity index (χ2v) is 8.56. The molecule has 2 aromatic carbocycles. The van der Waals surface area contributed by atoms with Crippen molar-refractivity contribution in [3.8, 4) is 0 Å². The standard InChI is InChI=1S/C24H22ClF3N4O3/c1-14(16-6-8-17(9-7-16)23(34)35-2)29-21(33)19-20(24(26,27)28)30-32-11-10-31(22(19)32)13-15-4-3-5-18(25)12-15/h3-9,12,14H,10-11,13H2,1-2H3,(H,29,33)/t14-/m0/s1. The third-order valence-corrected chi connectivity index (χ3v) is 5.98. The van der Waals surface area contributed by atoms with Crippen LogP contribution in [-0.4, -0.2) is 35.3 Å². The van der Waals surface area contributed by atoms with Gasteiger partial charge in [0.2, 0.25) is 0 Å². The van der Waals surface area contributed by atoms with Crippen molar-refractivity contribution >= 4 is 29.3 Å². The zero-order valence-electron chi connectivity index (χ0n) is 18.9. The molecule has 7 nitrogen and oxygen atoms in total. The van der Waals surface area contributed by atoms with Gasteiger partial charge in [-0.15, -0.1) is 0 Å². The zero-order valence-corrected chi connectivity index (χ0v) is 19.7. The van der Waals surface area contributed by atoms with Crippen LogP contribution in [0.2, 0.25) is 5.02 Å². The van der Waals surface area contributed by atoms with Gasteiger partial charge in [0.25, 0.3) is 5.91 Å². The zero-order chi connectivity index (χ0) is 25.3. The van der Waals surface area contributed by atoms with Gasteiger partial charge >= 0.3 is 12.1 Å². The lowest BCUT2D eigenvalue weighted by molar-refractivity contribution is -0.141. The van der Waals surface area contributed by atoms with Gasteiger partial charge in [0.05, 0.1) is 25.3 Å². The van der Waals surface area contributed by atoms with E-state index in [1.54, 1.807) is 42.2 Å². The van der Waals surface area contributed by atoms with E-state index >= 15 is 0 Å². The number of benzene rings is 2. The molecule has 1 N–H and O–H groups in total. The molecule has 0 saturated heterocycles. The number of anilines is 1. The number of nitrogens with zero attached hydrogens (tertiary/aromatic N) is 3. The highest BCUT2D eigenvalue weighted by molar-refractivity contribution is 6.30. The Hall–Kier alpha value is -3.53. The number of fused-ring (bicyclic) bond motifs is 1. The van der Waals surface area contributed by atoms with Crippen LogP contribution in [0, 0.1) is 0 Å². The molecule has 2 heterocycles. The molecule has 0 fully saturated rings. The van der Waals surface area contributed by atoms with Crippen LogP contribution in [0.25, 0.3) is 0 Å². The molecule has 1 aliphatic rings. The third-order valence-electron chi connectivity index (χ3n) is 5.74. The summed E-state index contributed by atoms with van der Waals surface area (Å²) in [6, 6.07) is 12.6. The van der Waals surface area contributed by atoms with Gasteiger partial charge in [-0.25, -0.2) is 9.48 Å². The molecular weight excluding hydrogens is 485 g/mol. The lowest BCUT2D eigenvalue weighted by Crippen LogP contribution is -2.31. The summed E-state index contributed by atoms with van der Waals surface area (Å²) >= 11 is 6.05. The van der Waals surface area contributed by atoms with E-state index in [1.165, 1.54) is 23.9 Å². The maximum Gasteiger partial charge on any atom is 0.436 e. The van der Waals surface area contributed by atoms with Crippen LogP contribution in [0.1, 0.15) is 50.5 Å². The second-order valence-electron chi connectivity index (χ2n) is 8.13. The predicted octanol–water partition coefficient (Wildman–Crippen LogP) is 4.85. The highest BCUT2D eigenvalue weighted by Gasteiger charge is 2.44. The fourth-order valence-corrected chi connectivity index (χ4v) is 4.26. The van der Waals surface area contributed by atoms with Crippen LogP contribution < -0.4 is 10.2 Å². The Labute approximate surface area is 204 Å². The number of carbonyl (C=O) groups is 2. The normalized spacial score (nSPS) is 13.9. The minimum absolute atomic E-state index is 0.114. The van der Waals surface area contributed by atoms with E-state index in [9.17, 15) is 22.8 Å². The van der Waals surface area contributed by atoms with Crippen molar-refractivity contribution in [2.45, 2.75) is 32.2 Å². The molecule has 0 spiro atoms. The molecule has 0 unspecified atom stereocenters. The number of aromatic nitrogens is 2. The molecule has 1 aliphatic heterocycles. The van der Waals surface area contributed by atoms with E-state index in [2.05, 4.69) is 15.2 Å². The first-order chi connectivity index (χ1) is 16.6. The summed E-state index contributed by atoms with van der Waals surface area (Å²) in [5, 5.41) is 6.88. The van der Waals surface area contributed by atoms with Gasteiger partial charge in [-0.3, -0.25) is 4.79 Å². The molecule has 0 radical (unpaired) electrons. The third kappa shape index (κ3) is 5.12. The molecule has 0 aliphatic carbocycles. The Morgan fingerprint density at radius 2 is 1.89 bits per heavy atom. The molecule has 3 aromatic rings. The molecule has 4 rings (SSSR count). The van der Waals surface area contributed by atoms with Gasteiger partial charge in [0, 0.05) is 18.1 Å². The molecular formula is C24H22ClF3N4O3. The van der Waals surface area contributed by atoms with E-state index in [-0.39, 0.29) is 18.9 Å². The van der Waals surface area contributed by atoms with E-state index in [4.69, 9.17) is 11.6 Å². The van der Waals surface area contributed by atoms with Crippen molar-refractivity contribution < 1.29 is 27.5 Å². The average Bonchev–Trinajstić information content (AvgIpc) is 3.39. The number of halogens is 4.